The molecule has 2 heterocycles. The molecule has 2 aliphatic carbocycles. The summed E-state index contributed by atoms with van der Waals surface area (Å²) in [6, 6.07) is 0.0376. The van der Waals surface area contributed by atoms with E-state index in [0.29, 0.717) is 0 Å². The molecule has 1 aromatic rings. The zero-order valence-corrected chi connectivity index (χ0v) is 14.5. The molecule has 1 saturated heterocycles. The highest BCUT2D eigenvalue weighted by Crippen LogP contribution is 2.41. The summed E-state index contributed by atoms with van der Waals surface area (Å²) in [5.74, 6) is 1.22. The third-order valence-corrected chi connectivity index (χ3v) is 5.22. The molecular formula is C18H26N4O2. The minimum atomic E-state index is 0.0376. The zero-order chi connectivity index (χ0) is 16.7. The zero-order valence-electron chi connectivity index (χ0n) is 14.5. The van der Waals surface area contributed by atoms with Crippen LogP contribution < -0.4 is 10.2 Å². The first-order valence-corrected chi connectivity index (χ1v) is 9.01. The molecule has 1 saturated carbocycles. The highest BCUT2D eigenvalue weighted by atomic mass is 16.5. The molecular weight excluding hydrogens is 304 g/mol. The molecule has 1 amide bonds. The summed E-state index contributed by atoms with van der Waals surface area (Å²) in [5.41, 5.74) is 2.31. The van der Waals surface area contributed by atoms with Crippen molar-refractivity contribution in [3.8, 4) is 0 Å². The number of anilines is 1. The minimum absolute atomic E-state index is 0.0376. The topological polar surface area (TPSA) is 67.3 Å². The molecule has 1 atom stereocenters. The number of hydrogen-bond donors (Lipinski definition) is 1. The number of fused-ring (bicyclic) bond motifs is 1. The first-order valence-electron chi connectivity index (χ1n) is 9.01. The summed E-state index contributed by atoms with van der Waals surface area (Å²) < 4.78 is 5.41. The van der Waals surface area contributed by atoms with Gasteiger partial charge in [0.1, 0.15) is 0 Å². The van der Waals surface area contributed by atoms with Gasteiger partial charge in [-0.25, -0.2) is 9.97 Å². The van der Waals surface area contributed by atoms with Crippen LogP contribution in [0.3, 0.4) is 0 Å². The Morgan fingerprint density at radius 1 is 1.33 bits per heavy atom. The van der Waals surface area contributed by atoms with E-state index in [1.807, 2.05) is 6.20 Å². The van der Waals surface area contributed by atoms with E-state index in [4.69, 9.17) is 9.72 Å². The van der Waals surface area contributed by atoms with Crippen molar-refractivity contribution >= 4 is 11.9 Å². The number of morpholine rings is 1. The fraction of sp³-hybridized carbons (Fsp3) is 0.722. The average Bonchev–Trinajstić information content (AvgIpc) is 3.39. The van der Waals surface area contributed by atoms with Crippen LogP contribution in [0.1, 0.15) is 50.4 Å². The molecule has 0 radical (unpaired) electrons. The summed E-state index contributed by atoms with van der Waals surface area (Å²) in [6.45, 7) is 7.64. The summed E-state index contributed by atoms with van der Waals surface area (Å²) >= 11 is 0. The molecule has 1 N–H and O–H groups in total. The lowest BCUT2D eigenvalue weighted by molar-refractivity contribution is -0.123. The molecule has 0 bridgehead atoms. The highest BCUT2D eigenvalue weighted by Gasteiger charge is 2.37. The lowest BCUT2D eigenvalue weighted by Gasteiger charge is -2.37. The van der Waals surface area contributed by atoms with E-state index in [2.05, 4.69) is 29.0 Å². The van der Waals surface area contributed by atoms with Crippen LogP contribution in [-0.2, 0) is 16.0 Å². The molecule has 1 aromatic heterocycles. The molecule has 3 aliphatic rings. The summed E-state index contributed by atoms with van der Waals surface area (Å²) in [6.07, 6.45) is 5.86. The Morgan fingerprint density at radius 2 is 2.08 bits per heavy atom. The van der Waals surface area contributed by atoms with E-state index in [0.717, 1.165) is 69.2 Å². The number of nitrogens with one attached hydrogen (secondary N) is 1. The van der Waals surface area contributed by atoms with Crippen LogP contribution in [0.5, 0.6) is 0 Å². The van der Waals surface area contributed by atoms with Gasteiger partial charge in [0.15, 0.2) is 0 Å². The van der Waals surface area contributed by atoms with Crippen molar-refractivity contribution in [3.05, 3.63) is 17.5 Å². The molecule has 24 heavy (non-hydrogen) atoms. The summed E-state index contributed by atoms with van der Waals surface area (Å²) in [4.78, 5) is 23.9. The van der Waals surface area contributed by atoms with Crippen LogP contribution in [0.25, 0.3) is 0 Å². The van der Waals surface area contributed by atoms with Gasteiger partial charge in [0.05, 0.1) is 24.9 Å². The fourth-order valence-electron chi connectivity index (χ4n) is 3.72. The third-order valence-electron chi connectivity index (χ3n) is 5.22. The van der Waals surface area contributed by atoms with Gasteiger partial charge in [0, 0.05) is 30.8 Å². The molecule has 0 unspecified atom stereocenters. The largest absolute Gasteiger partial charge is 0.378 e. The number of nitrogens with zero attached hydrogens (tertiary/aromatic N) is 3. The molecule has 0 aromatic carbocycles. The summed E-state index contributed by atoms with van der Waals surface area (Å²) in [7, 11) is 0. The number of rotatable bonds is 3. The smallest absolute Gasteiger partial charge is 0.225 e. The first kappa shape index (κ1) is 15.8. The van der Waals surface area contributed by atoms with Crippen LogP contribution in [0, 0.1) is 11.3 Å². The van der Waals surface area contributed by atoms with Crippen molar-refractivity contribution < 1.29 is 9.53 Å². The van der Waals surface area contributed by atoms with Crippen LogP contribution in [0.4, 0.5) is 5.95 Å². The van der Waals surface area contributed by atoms with Crippen LogP contribution in [0.15, 0.2) is 6.20 Å². The predicted molar refractivity (Wildman–Crippen MR) is 90.8 cm³/mol. The van der Waals surface area contributed by atoms with Gasteiger partial charge < -0.3 is 15.0 Å². The van der Waals surface area contributed by atoms with Gasteiger partial charge in [-0.1, -0.05) is 13.8 Å². The van der Waals surface area contributed by atoms with E-state index < -0.39 is 0 Å². The Hall–Kier alpha value is -1.69. The lowest BCUT2D eigenvalue weighted by Crippen LogP contribution is -2.40. The van der Waals surface area contributed by atoms with E-state index in [1.54, 1.807) is 0 Å². The van der Waals surface area contributed by atoms with Crippen LogP contribution >= 0.6 is 0 Å². The second-order valence-electron chi connectivity index (χ2n) is 8.05. The van der Waals surface area contributed by atoms with Gasteiger partial charge in [0.25, 0.3) is 0 Å². The number of carbonyl (C=O) groups is 1. The van der Waals surface area contributed by atoms with Gasteiger partial charge in [-0.2, -0.15) is 0 Å². The monoisotopic (exact) mass is 330 g/mol. The Labute approximate surface area is 143 Å². The van der Waals surface area contributed by atoms with Crippen molar-refractivity contribution in [2.24, 2.45) is 11.3 Å². The summed E-state index contributed by atoms with van der Waals surface area (Å²) in [5, 5.41) is 3.24. The van der Waals surface area contributed by atoms with Crippen LogP contribution in [-0.4, -0.2) is 42.2 Å². The van der Waals surface area contributed by atoms with E-state index in [1.165, 1.54) is 0 Å². The number of carbonyl (C=O) groups excluding carboxylic acids is 1. The van der Waals surface area contributed by atoms with Gasteiger partial charge >= 0.3 is 0 Å². The molecule has 6 nitrogen and oxygen atoms in total. The number of hydrogen-bond acceptors (Lipinski definition) is 5. The molecule has 1 aliphatic heterocycles. The van der Waals surface area contributed by atoms with Gasteiger partial charge in [-0.15, -0.1) is 0 Å². The standard InChI is InChI=1S/C18H26N4O2/c1-18(2)9-14(20-16(23)12-3-4-12)13-11-19-17(21-15(13)10-18)22-5-7-24-8-6-22/h11-12,14H,3-10H2,1-2H3,(H,20,23)/t14-/m1/s1. The van der Waals surface area contributed by atoms with Crippen molar-refractivity contribution in [3.63, 3.8) is 0 Å². The van der Waals surface area contributed by atoms with Crippen molar-refractivity contribution in [1.82, 2.24) is 15.3 Å². The maximum Gasteiger partial charge on any atom is 0.225 e. The average molecular weight is 330 g/mol. The molecule has 0 spiro atoms. The van der Waals surface area contributed by atoms with E-state index in [-0.39, 0.29) is 23.3 Å². The first-order chi connectivity index (χ1) is 11.5. The van der Waals surface area contributed by atoms with E-state index >= 15 is 0 Å². The number of aromatic nitrogens is 2. The molecule has 130 valence electrons. The molecule has 4 rings (SSSR count). The Morgan fingerprint density at radius 3 is 2.79 bits per heavy atom. The highest BCUT2D eigenvalue weighted by molar-refractivity contribution is 5.81. The predicted octanol–water partition coefficient (Wildman–Crippen LogP) is 1.85. The van der Waals surface area contributed by atoms with E-state index in [9.17, 15) is 4.79 Å². The second kappa shape index (κ2) is 5.99. The number of ether oxygens (including phenoxy) is 1. The maximum absolute atomic E-state index is 12.2. The van der Waals surface area contributed by atoms with Crippen molar-refractivity contribution in [1.29, 1.82) is 0 Å². The lowest BCUT2D eigenvalue weighted by atomic mass is 9.74. The molecule has 6 heteroatoms. The minimum Gasteiger partial charge on any atom is -0.378 e. The quantitative estimate of drug-likeness (QED) is 0.916. The molecule has 2 fully saturated rings. The van der Waals surface area contributed by atoms with Gasteiger partial charge in [0.2, 0.25) is 11.9 Å². The van der Waals surface area contributed by atoms with Crippen molar-refractivity contribution in [2.45, 2.75) is 45.6 Å². The Kier molecular flexibility index (Phi) is 3.95. The third kappa shape index (κ3) is 3.24. The van der Waals surface area contributed by atoms with Crippen molar-refractivity contribution in [2.75, 3.05) is 31.2 Å². The van der Waals surface area contributed by atoms with Crippen LogP contribution in [0.2, 0.25) is 0 Å². The maximum atomic E-state index is 12.2. The van der Waals surface area contributed by atoms with Gasteiger partial charge in [-0.05, 0) is 31.1 Å². The number of amides is 1. The second-order valence-corrected chi connectivity index (χ2v) is 8.05. The Balaban J connectivity index is 1.59. The normalized spacial score (nSPS) is 25.9. The SMILES string of the molecule is CC1(C)Cc2nc(N3CCOCC3)ncc2[C@H](NC(=O)C2CC2)C1. The fourth-order valence-corrected chi connectivity index (χ4v) is 3.72. The Bertz CT molecular complexity index is 636. The van der Waals surface area contributed by atoms with Gasteiger partial charge in [-0.3, -0.25) is 4.79 Å².